The van der Waals surface area contributed by atoms with E-state index in [0.29, 0.717) is 18.0 Å². The summed E-state index contributed by atoms with van der Waals surface area (Å²) in [4.78, 5) is 16.8. The van der Waals surface area contributed by atoms with E-state index < -0.39 is 6.55 Å². The van der Waals surface area contributed by atoms with Crippen LogP contribution in [0.25, 0.3) is 11.0 Å². The van der Waals surface area contributed by atoms with Crippen molar-refractivity contribution in [3.05, 3.63) is 30.7 Å². The number of aromatic nitrogens is 6. The Labute approximate surface area is 136 Å². The number of nitrogens with one attached hydrogen (secondary N) is 1. The van der Waals surface area contributed by atoms with Gasteiger partial charge in [-0.2, -0.15) is 13.9 Å². The highest BCUT2D eigenvalue weighted by Gasteiger charge is 2.22. The molecule has 0 bridgehead atoms. The number of alkyl halides is 2. The molecule has 4 heterocycles. The molecule has 4 rings (SSSR count). The number of hydrogen-bond acceptors (Lipinski definition) is 6. The van der Waals surface area contributed by atoms with Gasteiger partial charge in [0.25, 0.3) is 0 Å². The molecule has 0 aliphatic carbocycles. The molecule has 1 aliphatic rings. The smallest absolute Gasteiger partial charge is 0.319 e. The molecule has 24 heavy (non-hydrogen) atoms. The average molecular weight is 334 g/mol. The number of rotatable bonds is 4. The molecule has 3 aromatic rings. The molecule has 1 N–H and O–H groups in total. The van der Waals surface area contributed by atoms with Crippen LogP contribution in [0, 0.1) is 0 Å². The fraction of sp³-hybridized carbons (Fsp3) is 0.429. The van der Waals surface area contributed by atoms with E-state index in [1.165, 1.54) is 18.7 Å². The molecule has 0 saturated carbocycles. The molecule has 0 aromatic carbocycles. The maximum absolute atomic E-state index is 12.9. The minimum atomic E-state index is -2.56. The van der Waals surface area contributed by atoms with Gasteiger partial charge in [0.15, 0.2) is 5.65 Å². The van der Waals surface area contributed by atoms with Crippen LogP contribution in [-0.4, -0.2) is 60.8 Å². The minimum absolute atomic E-state index is 0.387. The number of H-pyrrole nitrogens is 1. The normalized spacial score (nSPS) is 16.4. The second kappa shape index (κ2) is 6.11. The summed E-state index contributed by atoms with van der Waals surface area (Å²) in [6, 6.07) is 0. The van der Waals surface area contributed by atoms with Crippen LogP contribution in [0.15, 0.2) is 24.9 Å². The summed E-state index contributed by atoms with van der Waals surface area (Å²) in [5.41, 5.74) is 0.710. The number of halogens is 2. The van der Waals surface area contributed by atoms with Crippen LogP contribution in [0.4, 0.5) is 14.6 Å². The molecular weight excluding hydrogens is 318 g/mol. The first-order valence-electron chi connectivity index (χ1n) is 7.63. The number of nitrogens with zero attached hydrogens (tertiary/aromatic N) is 7. The van der Waals surface area contributed by atoms with Crippen molar-refractivity contribution in [3.63, 3.8) is 0 Å². The molecule has 0 spiro atoms. The molecule has 10 heteroatoms. The fourth-order valence-electron chi connectivity index (χ4n) is 2.97. The molecule has 126 valence electrons. The van der Waals surface area contributed by atoms with Gasteiger partial charge in [0.05, 0.1) is 18.1 Å². The SMILES string of the molecule is FC(F)n1ccnc1CN1CCN(c2ncnc3[nH]ncc23)CC1. The second-order valence-electron chi connectivity index (χ2n) is 5.62. The second-order valence-corrected chi connectivity index (χ2v) is 5.62. The summed E-state index contributed by atoms with van der Waals surface area (Å²) in [6.07, 6.45) is 5.96. The van der Waals surface area contributed by atoms with Gasteiger partial charge < -0.3 is 4.90 Å². The first-order chi connectivity index (χ1) is 11.7. The lowest BCUT2D eigenvalue weighted by Crippen LogP contribution is -2.46. The lowest BCUT2D eigenvalue weighted by Gasteiger charge is -2.35. The highest BCUT2D eigenvalue weighted by Crippen LogP contribution is 2.22. The van der Waals surface area contributed by atoms with Crippen LogP contribution in [0.3, 0.4) is 0 Å². The predicted octanol–water partition coefficient (Wildman–Crippen LogP) is 1.27. The molecule has 0 amide bonds. The van der Waals surface area contributed by atoms with Crippen LogP contribution < -0.4 is 4.90 Å². The lowest BCUT2D eigenvalue weighted by atomic mass is 10.2. The van der Waals surface area contributed by atoms with Crippen molar-refractivity contribution in [2.75, 3.05) is 31.1 Å². The maximum Gasteiger partial charge on any atom is 0.319 e. The number of aromatic amines is 1. The molecule has 1 fully saturated rings. The van der Waals surface area contributed by atoms with Gasteiger partial charge >= 0.3 is 6.55 Å². The fourth-order valence-corrected chi connectivity index (χ4v) is 2.97. The minimum Gasteiger partial charge on any atom is -0.353 e. The molecule has 8 nitrogen and oxygen atoms in total. The number of piperazine rings is 1. The summed E-state index contributed by atoms with van der Waals surface area (Å²) in [5, 5.41) is 7.72. The van der Waals surface area contributed by atoms with Gasteiger partial charge in [-0.05, 0) is 0 Å². The molecular formula is C14H16F2N8. The first-order valence-corrected chi connectivity index (χ1v) is 7.63. The Morgan fingerprint density at radius 3 is 2.75 bits per heavy atom. The highest BCUT2D eigenvalue weighted by atomic mass is 19.3. The lowest BCUT2D eigenvalue weighted by molar-refractivity contribution is 0.0637. The van der Waals surface area contributed by atoms with Gasteiger partial charge in [0.1, 0.15) is 18.0 Å². The van der Waals surface area contributed by atoms with Crippen LogP contribution in [0.5, 0.6) is 0 Å². The molecule has 0 atom stereocenters. The Balaban J connectivity index is 1.43. The third-order valence-corrected chi connectivity index (χ3v) is 4.22. The Hall–Kier alpha value is -2.62. The van der Waals surface area contributed by atoms with E-state index in [1.807, 2.05) is 0 Å². The Morgan fingerprint density at radius 1 is 1.12 bits per heavy atom. The summed E-state index contributed by atoms with van der Waals surface area (Å²) in [7, 11) is 0. The average Bonchev–Trinajstić information content (AvgIpc) is 3.24. The van der Waals surface area contributed by atoms with Crippen molar-refractivity contribution in [1.29, 1.82) is 0 Å². The van der Waals surface area contributed by atoms with Crippen molar-refractivity contribution >= 4 is 16.9 Å². The predicted molar refractivity (Wildman–Crippen MR) is 82.7 cm³/mol. The van der Waals surface area contributed by atoms with Gasteiger partial charge in [-0.1, -0.05) is 0 Å². The van der Waals surface area contributed by atoms with Crippen molar-refractivity contribution in [2.24, 2.45) is 0 Å². The zero-order chi connectivity index (χ0) is 16.5. The molecule has 0 unspecified atom stereocenters. The Bertz CT molecular complexity index is 821. The van der Waals surface area contributed by atoms with E-state index in [-0.39, 0.29) is 0 Å². The van der Waals surface area contributed by atoms with Crippen molar-refractivity contribution in [2.45, 2.75) is 13.1 Å². The topological polar surface area (TPSA) is 78.8 Å². The zero-order valence-corrected chi connectivity index (χ0v) is 12.8. The van der Waals surface area contributed by atoms with Gasteiger partial charge in [0.2, 0.25) is 0 Å². The van der Waals surface area contributed by atoms with Crippen LogP contribution >= 0.6 is 0 Å². The maximum atomic E-state index is 12.9. The van der Waals surface area contributed by atoms with Gasteiger partial charge in [0, 0.05) is 38.6 Å². The number of imidazole rings is 1. The molecule has 1 saturated heterocycles. The van der Waals surface area contributed by atoms with Crippen molar-refractivity contribution < 1.29 is 8.78 Å². The van der Waals surface area contributed by atoms with E-state index >= 15 is 0 Å². The molecule has 3 aromatic heterocycles. The third kappa shape index (κ3) is 2.68. The monoisotopic (exact) mass is 334 g/mol. The van der Waals surface area contributed by atoms with Crippen LogP contribution in [0.2, 0.25) is 0 Å². The van der Waals surface area contributed by atoms with E-state index in [4.69, 9.17) is 0 Å². The summed E-state index contributed by atoms with van der Waals surface area (Å²) in [6.45, 7) is 0.869. The first kappa shape index (κ1) is 14.9. The van der Waals surface area contributed by atoms with Crippen LogP contribution in [-0.2, 0) is 6.54 Å². The number of anilines is 1. The largest absolute Gasteiger partial charge is 0.353 e. The number of hydrogen-bond donors (Lipinski definition) is 1. The van der Waals surface area contributed by atoms with Gasteiger partial charge in [-0.25, -0.2) is 15.0 Å². The third-order valence-electron chi connectivity index (χ3n) is 4.22. The Kier molecular flexibility index (Phi) is 3.81. The van der Waals surface area contributed by atoms with Gasteiger partial charge in [-0.15, -0.1) is 0 Å². The zero-order valence-electron chi connectivity index (χ0n) is 12.8. The van der Waals surface area contributed by atoms with E-state index in [9.17, 15) is 8.78 Å². The van der Waals surface area contributed by atoms with Crippen molar-refractivity contribution in [3.8, 4) is 0 Å². The molecule has 0 radical (unpaired) electrons. The van der Waals surface area contributed by atoms with E-state index in [1.54, 1.807) is 6.20 Å². The Morgan fingerprint density at radius 2 is 1.96 bits per heavy atom. The van der Waals surface area contributed by atoms with Crippen molar-refractivity contribution in [1.82, 2.24) is 34.6 Å². The summed E-state index contributed by atoms with van der Waals surface area (Å²) in [5.74, 6) is 1.24. The summed E-state index contributed by atoms with van der Waals surface area (Å²) < 4.78 is 26.7. The summed E-state index contributed by atoms with van der Waals surface area (Å²) >= 11 is 0. The van der Waals surface area contributed by atoms with E-state index in [0.717, 1.165) is 42.0 Å². The standard InChI is InChI=1S/C14H16F2N8/c15-14(16)24-2-1-17-11(24)8-22-3-5-23(6-4-22)13-10-7-20-21-12(10)18-9-19-13/h1-2,7,9,14H,3-6,8H2,(H,18,19,20,21). The molecule has 1 aliphatic heterocycles. The van der Waals surface area contributed by atoms with Crippen LogP contribution in [0.1, 0.15) is 12.4 Å². The number of fused-ring (bicyclic) bond motifs is 1. The van der Waals surface area contributed by atoms with Gasteiger partial charge in [-0.3, -0.25) is 14.6 Å². The van der Waals surface area contributed by atoms with E-state index in [2.05, 4.69) is 34.9 Å². The highest BCUT2D eigenvalue weighted by molar-refractivity contribution is 5.86. The quantitative estimate of drug-likeness (QED) is 0.774.